The Morgan fingerprint density at radius 1 is 1.23 bits per heavy atom. The highest BCUT2D eigenvalue weighted by molar-refractivity contribution is 6.76. The van der Waals surface area contributed by atoms with Crippen molar-refractivity contribution in [1.82, 2.24) is 19.5 Å². The van der Waals surface area contributed by atoms with Gasteiger partial charge in [-0.15, -0.1) is 0 Å². The third kappa shape index (κ3) is 7.20. The van der Waals surface area contributed by atoms with Crippen molar-refractivity contribution in [2.45, 2.75) is 45.6 Å². The molecule has 2 aromatic heterocycles. The van der Waals surface area contributed by atoms with E-state index in [-0.39, 0.29) is 24.4 Å². The molecule has 0 bridgehead atoms. The van der Waals surface area contributed by atoms with Crippen LogP contribution >= 0.6 is 0 Å². The van der Waals surface area contributed by atoms with E-state index < -0.39 is 8.07 Å². The van der Waals surface area contributed by atoms with Gasteiger partial charge in [0.25, 0.3) is 5.91 Å². The van der Waals surface area contributed by atoms with Gasteiger partial charge in [0.05, 0.1) is 18.3 Å². The molecule has 39 heavy (non-hydrogen) atoms. The first-order chi connectivity index (χ1) is 18.5. The van der Waals surface area contributed by atoms with Crippen molar-refractivity contribution in [3.63, 3.8) is 0 Å². The summed E-state index contributed by atoms with van der Waals surface area (Å²) in [7, 11) is 0.547. The van der Waals surface area contributed by atoms with Gasteiger partial charge in [-0.2, -0.15) is 0 Å². The van der Waals surface area contributed by atoms with E-state index in [9.17, 15) is 14.0 Å². The fraction of sp³-hybridized carbons (Fsp3) is 0.414. The molecule has 1 aliphatic heterocycles. The van der Waals surface area contributed by atoms with Crippen molar-refractivity contribution in [2.75, 3.05) is 33.5 Å². The molecule has 0 saturated carbocycles. The van der Waals surface area contributed by atoms with Gasteiger partial charge in [-0.1, -0.05) is 43.9 Å². The number of carbonyl (C=O) groups is 2. The van der Waals surface area contributed by atoms with E-state index in [1.54, 1.807) is 30.3 Å². The van der Waals surface area contributed by atoms with E-state index in [4.69, 9.17) is 9.57 Å². The minimum absolute atomic E-state index is 0.0184. The summed E-state index contributed by atoms with van der Waals surface area (Å²) in [5.74, 6) is -0.587. The van der Waals surface area contributed by atoms with Gasteiger partial charge in [0.2, 0.25) is 5.91 Å². The first-order valence-electron chi connectivity index (χ1n) is 13.2. The molecule has 0 fully saturated rings. The van der Waals surface area contributed by atoms with Crippen molar-refractivity contribution >= 4 is 36.9 Å². The Morgan fingerprint density at radius 3 is 2.67 bits per heavy atom. The lowest BCUT2D eigenvalue weighted by atomic mass is 9.99. The topological polar surface area (TPSA) is 76.9 Å². The zero-order chi connectivity index (χ0) is 28.2. The van der Waals surface area contributed by atoms with Crippen LogP contribution in [0.4, 0.5) is 4.39 Å². The number of amides is 2. The molecule has 0 N–H and O–H groups in total. The van der Waals surface area contributed by atoms with Gasteiger partial charge in [0.15, 0.2) is 6.79 Å². The zero-order valence-electron chi connectivity index (χ0n) is 23.4. The van der Waals surface area contributed by atoms with Crippen LogP contribution in [0.25, 0.3) is 17.0 Å². The summed E-state index contributed by atoms with van der Waals surface area (Å²) in [6, 6.07) is 7.44. The summed E-state index contributed by atoms with van der Waals surface area (Å²) in [4.78, 5) is 36.8. The lowest BCUT2D eigenvalue weighted by Gasteiger charge is -2.27. The van der Waals surface area contributed by atoms with Crippen molar-refractivity contribution in [3.05, 3.63) is 70.9 Å². The van der Waals surface area contributed by atoms with Gasteiger partial charge in [0.1, 0.15) is 11.5 Å². The fourth-order valence-corrected chi connectivity index (χ4v) is 5.17. The molecule has 0 atom stereocenters. The second-order valence-corrected chi connectivity index (χ2v) is 16.7. The smallest absolute Gasteiger partial charge is 0.296 e. The van der Waals surface area contributed by atoms with E-state index >= 15 is 0 Å². The number of nitrogens with zero attached hydrogens (tertiary/aromatic N) is 4. The summed E-state index contributed by atoms with van der Waals surface area (Å²) in [5, 5.41) is 2.28. The molecule has 10 heteroatoms. The number of hydroxylamine groups is 2. The van der Waals surface area contributed by atoms with Crippen LogP contribution in [0, 0.1) is 5.82 Å². The number of halogens is 1. The van der Waals surface area contributed by atoms with Crippen molar-refractivity contribution < 1.29 is 23.6 Å². The summed E-state index contributed by atoms with van der Waals surface area (Å²) in [5.41, 5.74) is 4.00. The molecule has 0 spiro atoms. The van der Waals surface area contributed by atoms with Crippen LogP contribution in [0.5, 0.6) is 0 Å². The van der Waals surface area contributed by atoms with E-state index in [0.717, 1.165) is 33.6 Å². The first kappa shape index (κ1) is 28.7. The molecule has 3 heterocycles. The average molecular weight is 553 g/mol. The third-order valence-electron chi connectivity index (χ3n) is 6.82. The number of benzene rings is 1. The average Bonchev–Trinajstić information content (AvgIpc) is 3.23. The van der Waals surface area contributed by atoms with Crippen molar-refractivity contribution in [3.8, 4) is 0 Å². The molecule has 1 aliphatic rings. The van der Waals surface area contributed by atoms with Crippen LogP contribution in [-0.4, -0.2) is 72.9 Å². The van der Waals surface area contributed by atoms with E-state index in [1.807, 2.05) is 18.3 Å². The molecule has 3 aromatic rings. The predicted molar refractivity (Wildman–Crippen MR) is 152 cm³/mol. The molecular formula is C29H37FN4O4Si. The quantitative estimate of drug-likeness (QED) is 0.191. The molecule has 8 nitrogen and oxygen atoms in total. The first-order valence-corrected chi connectivity index (χ1v) is 16.9. The van der Waals surface area contributed by atoms with Gasteiger partial charge in [-0.05, 0) is 35.7 Å². The Labute approximate surface area is 230 Å². The summed E-state index contributed by atoms with van der Waals surface area (Å²) in [6.07, 6.45) is 8.21. The zero-order valence-corrected chi connectivity index (χ0v) is 24.4. The standard InChI is InChI=1S/C29H37FN4O4Si/c1-21(35)32(2)13-6-7-23-19-33(18-22-8-10-24(30)11-9-22)26-17-31-28-25(27(23)26)12-14-34(29(28)36)38-20-37-15-16-39(3,4)5/h6-11,17,19H,12-16,18,20H2,1-5H3/b7-6+. The number of aromatic nitrogens is 2. The molecular weight excluding hydrogens is 515 g/mol. The summed E-state index contributed by atoms with van der Waals surface area (Å²) in [6.45, 7) is 10.4. The molecule has 0 radical (unpaired) electrons. The fourth-order valence-electron chi connectivity index (χ4n) is 4.42. The Balaban J connectivity index is 1.60. The predicted octanol–water partition coefficient (Wildman–Crippen LogP) is 4.96. The lowest BCUT2D eigenvalue weighted by Crippen LogP contribution is -2.39. The van der Waals surface area contributed by atoms with Crippen LogP contribution in [0.2, 0.25) is 25.7 Å². The van der Waals surface area contributed by atoms with Crippen molar-refractivity contribution in [2.24, 2.45) is 0 Å². The van der Waals surface area contributed by atoms with Crippen LogP contribution < -0.4 is 0 Å². The molecule has 0 aliphatic carbocycles. The van der Waals surface area contributed by atoms with Gasteiger partial charge < -0.3 is 14.2 Å². The Morgan fingerprint density at radius 2 is 1.97 bits per heavy atom. The molecule has 4 rings (SSSR count). The second-order valence-electron chi connectivity index (χ2n) is 11.1. The van der Waals surface area contributed by atoms with Crippen LogP contribution in [0.3, 0.4) is 0 Å². The molecule has 0 unspecified atom stereocenters. The summed E-state index contributed by atoms with van der Waals surface area (Å²) < 4.78 is 21.1. The lowest BCUT2D eigenvalue weighted by molar-refractivity contribution is -0.195. The maximum atomic E-state index is 13.5. The molecule has 1 aromatic carbocycles. The maximum Gasteiger partial charge on any atom is 0.296 e. The van der Waals surface area contributed by atoms with Gasteiger partial charge in [-0.3, -0.25) is 9.59 Å². The van der Waals surface area contributed by atoms with E-state index in [0.29, 0.717) is 38.4 Å². The number of fused-ring (bicyclic) bond motifs is 3. The number of hydrogen-bond donors (Lipinski definition) is 0. The Hall–Kier alpha value is -3.34. The highest BCUT2D eigenvalue weighted by Crippen LogP contribution is 2.31. The van der Waals surface area contributed by atoms with Crippen LogP contribution in [0.1, 0.15) is 34.1 Å². The van der Waals surface area contributed by atoms with Crippen LogP contribution in [-0.2, 0) is 27.3 Å². The third-order valence-corrected chi connectivity index (χ3v) is 8.52. The molecule has 208 valence electrons. The largest absolute Gasteiger partial charge is 0.353 e. The van der Waals surface area contributed by atoms with Crippen molar-refractivity contribution in [1.29, 1.82) is 0 Å². The Bertz CT molecular complexity index is 1360. The van der Waals surface area contributed by atoms with Crippen LogP contribution in [0.15, 0.2) is 42.7 Å². The number of ether oxygens (including phenoxy) is 1. The second kappa shape index (κ2) is 12.2. The molecule has 2 amide bonds. The maximum absolute atomic E-state index is 13.5. The summed E-state index contributed by atoms with van der Waals surface area (Å²) >= 11 is 0. The highest BCUT2D eigenvalue weighted by Gasteiger charge is 2.30. The minimum Gasteiger partial charge on any atom is -0.353 e. The molecule has 0 saturated heterocycles. The minimum atomic E-state index is -1.20. The number of rotatable bonds is 11. The van der Waals surface area contributed by atoms with Gasteiger partial charge >= 0.3 is 0 Å². The van der Waals surface area contributed by atoms with Gasteiger partial charge in [0, 0.05) is 58.9 Å². The number of likely N-dealkylation sites (N-methyl/N-ethyl adjacent to an activating group) is 1. The normalized spacial score (nSPS) is 13.9. The number of pyridine rings is 1. The highest BCUT2D eigenvalue weighted by atomic mass is 28.3. The van der Waals surface area contributed by atoms with E-state index in [2.05, 4.69) is 29.2 Å². The van der Waals surface area contributed by atoms with E-state index in [1.165, 1.54) is 24.1 Å². The Kier molecular flexibility index (Phi) is 8.99. The SMILES string of the molecule is CC(=O)N(C)C/C=C/c1cn(Cc2ccc(F)cc2)c2cnc3c(c12)CCN(OCOCC[Si](C)(C)C)C3=O. The number of hydrogen-bond acceptors (Lipinski definition) is 5. The number of carbonyl (C=O) groups excluding carboxylic acids is 2. The van der Waals surface area contributed by atoms with Gasteiger partial charge in [-0.25, -0.2) is 19.3 Å². The monoisotopic (exact) mass is 552 g/mol.